The van der Waals surface area contributed by atoms with Gasteiger partial charge in [0.1, 0.15) is 24.6 Å². The van der Waals surface area contributed by atoms with Crippen LogP contribution in [0.4, 0.5) is 21.0 Å². The number of benzene rings is 2. The highest BCUT2D eigenvalue weighted by Crippen LogP contribution is 2.44. The van der Waals surface area contributed by atoms with Gasteiger partial charge in [0.05, 0.1) is 25.0 Å². The first-order valence-corrected chi connectivity index (χ1v) is 11.8. The minimum Gasteiger partial charge on any atom is -0.497 e. The van der Waals surface area contributed by atoms with E-state index in [2.05, 4.69) is 4.90 Å². The molecule has 2 heterocycles. The quantitative estimate of drug-likeness (QED) is 0.642. The summed E-state index contributed by atoms with van der Waals surface area (Å²) in [5.74, 6) is 1.22. The van der Waals surface area contributed by atoms with Gasteiger partial charge in [0.15, 0.2) is 5.75 Å². The van der Waals surface area contributed by atoms with Crippen LogP contribution in [-0.4, -0.2) is 69.1 Å². The number of anilines is 2. The molecule has 9 nitrogen and oxygen atoms in total. The summed E-state index contributed by atoms with van der Waals surface area (Å²) in [6.07, 6.45) is -0.749. The van der Waals surface area contributed by atoms with Crippen molar-refractivity contribution < 1.29 is 28.5 Å². The van der Waals surface area contributed by atoms with E-state index in [0.717, 1.165) is 11.3 Å². The molecule has 0 spiro atoms. The molecule has 0 aliphatic carbocycles. The third-order valence-electron chi connectivity index (χ3n) is 5.81. The smallest absolute Gasteiger partial charge is 0.414 e. The van der Waals surface area contributed by atoms with Crippen molar-refractivity contribution in [2.45, 2.75) is 33.0 Å². The molecule has 2 aromatic carbocycles. The number of fused-ring (bicyclic) bond motifs is 1. The van der Waals surface area contributed by atoms with Gasteiger partial charge >= 0.3 is 12.2 Å². The summed E-state index contributed by atoms with van der Waals surface area (Å²) < 4.78 is 22.7. The zero-order valence-corrected chi connectivity index (χ0v) is 20.8. The van der Waals surface area contributed by atoms with Gasteiger partial charge < -0.3 is 28.7 Å². The third-order valence-corrected chi connectivity index (χ3v) is 5.81. The fourth-order valence-corrected chi connectivity index (χ4v) is 4.08. The van der Waals surface area contributed by atoms with Crippen molar-refractivity contribution in [2.75, 3.05) is 56.2 Å². The third kappa shape index (κ3) is 5.90. The van der Waals surface area contributed by atoms with Gasteiger partial charge in [-0.25, -0.2) is 9.59 Å². The van der Waals surface area contributed by atoms with Gasteiger partial charge in [-0.1, -0.05) is 30.3 Å². The Hall–Kier alpha value is -3.62. The molecule has 4 rings (SSSR count). The molecule has 0 aromatic heterocycles. The van der Waals surface area contributed by atoms with E-state index in [1.807, 2.05) is 57.2 Å². The molecule has 2 aliphatic rings. The van der Waals surface area contributed by atoms with Crippen molar-refractivity contribution in [1.82, 2.24) is 4.90 Å². The van der Waals surface area contributed by atoms with E-state index >= 15 is 0 Å². The Kier molecular flexibility index (Phi) is 7.23. The molecule has 0 atom stereocenters. The zero-order valence-electron chi connectivity index (χ0n) is 20.8. The maximum Gasteiger partial charge on any atom is 0.414 e. The number of methoxy groups -OCH3 is 1. The van der Waals surface area contributed by atoms with Gasteiger partial charge in [-0.3, -0.25) is 4.90 Å². The maximum atomic E-state index is 13.0. The zero-order chi connectivity index (χ0) is 25.0. The molecule has 2 amide bonds. The fourth-order valence-electron chi connectivity index (χ4n) is 4.08. The van der Waals surface area contributed by atoms with Crippen LogP contribution in [0.5, 0.6) is 11.5 Å². The Morgan fingerprint density at radius 1 is 0.943 bits per heavy atom. The van der Waals surface area contributed by atoms with Gasteiger partial charge in [0, 0.05) is 38.3 Å². The Morgan fingerprint density at radius 2 is 1.63 bits per heavy atom. The summed E-state index contributed by atoms with van der Waals surface area (Å²) in [5.41, 5.74) is 1.82. The normalized spacial score (nSPS) is 15.7. The lowest BCUT2D eigenvalue weighted by Gasteiger charge is -2.39. The average molecular weight is 484 g/mol. The van der Waals surface area contributed by atoms with E-state index in [1.54, 1.807) is 23.0 Å². The second-order valence-electron chi connectivity index (χ2n) is 9.49. The first-order chi connectivity index (χ1) is 16.7. The SMILES string of the molecule is COc1cc(N2CCN(C(=O)OC(C)(C)C)CC2)c2c(c1)N(C(=O)OCc1ccccc1)CCO2. The minimum absolute atomic E-state index is 0.190. The first-order valence-electron chi connectivity index (χ1n) is 11.8. The molecule has 0 N–H and O–H groups in total. The van der Waals surface area contributed by atoms with Crippen LogP contribution in [-0.2, 0) is 16.1 Å². The molecule has 188 valence electrons. The molecule has 9 heteroatoms. The lowest BCUT2D eigenvalue weighted by atomic mass is 10.1. The number of nitrogens with zero attached hydrogens (tertiary/aromatic N) is 3. The maximum absolute atomic E-state index is 13.0. The number of ether oxygens (including phenoxy) is 4. The molecule has 1 saturated heterocycles. The Morgan fingerprint density at radius 3 is 2.29 bits per heavy atom. The lowest BCUT2D eigenvalue weighted by Crippen LogP contribution is -2.50. The van der Waals surface area contributed by atoms with Crippen LogP contribution in [0, 0.1) is 0 Å². The summed E-state index contributed by atoms with van der Waals surface area (Å²) in [6, 6.07) is 13.3. The van der Waals surface area contributed by atoms with E-state index in [1.165, 1.54) is 0 Å². The van der Waals surface area contributed by atoms with Crippen molar-refractivity contribution in [3.8, 4) is 11.5 Å². The molecule has 1 fully saturated rings. The van der Waals surface area contributed by atoms with Gasteiger partial charge in [0.25, 0.3) is 0 Å². The number of hydrogen-bond acceptors (Lipinski definition) is 7. The molecule has 0 unspecified atom stereocenters. The predicted molar refractivity (Wildman–Crippen MR) is 132 cm³/mol. The van der Waals surface area contributed by atoms with Crippen LogP contribution >= 0.6 is 0 Å². The lowest BCUT2D eigenvalue weighted by molar-refractivity contribution is 0.0240. The van der Waals surface area contributed by atoms with Gasteiger partial charge in [-0.05, 0) is 26.3 Å². The van der Waals surface area contributed by atoms with E-state index in [4.69, 9.17) is 18.9 Å². The van der Waals surface area contributed by atoms with Crippen molar-refractivity contribution in [3.05, 3.63) is 48.0 Å². The number of piperazine rings is 1. The Bertz CT molecular complexity index is 1050. The average Bonchev–Trinajstić information content (AvgIpc) is 2.86. The van der Waals surface area contributed by atoms with Crippen LogP contribution in [0.1, 0.15) is 26.3 Å². The topological polar surface area (TPSA) is 80.8 Å². The molecule has 0 radical (unpaired) electrons. The van der Waals surface area contributed by atoms with Crippen molar-refractivity contribution >= 4 is 23.6 Å². The number of hydrogen-bond donors (Lipinski definition) is 0. The number of carbonyl (C=O) groups excluding carboxylic acids is 2. The highest BCUT2D eigenvalue weighted by molar-refractivity contribution is 5.93. The summed E-state index contributed by atoms with van der Waals surface area (Å²) in [7, 11) is 1.59. The van der Waals surface area contributed by atoms with Crippen molar-refractivity contribution in [3.63, 3.8) is 0 Å². The highest BCUT2D eigenvalue weighted by atomic mass is 16.6. The Balaban J connectivity index is 1.50. The highest BCUT2D eigenvalue weighted by Gasteiger charge is 2.32. The van der Waals surface area contributed by atoms with Crippen LogP contribution in [0.3, 0.4) is 0 Å². The molecule has 35 heavy (non-hydrogen) atoms. The minimum atomic E-state index is -0.535. The predicted octanol–water partition coefficient (Wildman–Crippen LogP) is 4.29. The van der Waals surface area contributed by atoms with Crippen LogP contribution in [0.2, 0.25) is 0 Å². The van der Waals surface area contributed by atoms with Gasteiger partial charge in [0.2, 0.25) is 0 Å². The number of amides is 2. The monoisotopic (exact) mass is 483 g/mol. The summed E-state index contributed by atoms with van der Waals surface area (Å²) in [5, 5.41) is 0. The van der Waals surface area contributed by atoms with E-state index in [0.29, 0.717) is 56.5 Å². The largest absolute Gasteiger partial charge is 0.497 e. The van der Waals surface area contributed by atoms with E-state index in [-0.39, 0.29) is 12.7 Å². The molecule has 2 aromatic rings. The van der Waals surface area contributed by atoms with Crippen LogP contribution in [0.15, 0.2) is 42.5 Å². The van der Waals surface area contributed by atoms with Gasteiger partial charge in [-0.2, -0.15) is 0 Å². The molecule has 2 aliphatic heterocycles. The van der Waals surface area contributed by atoms with Gasteiger partial charge in [-0.15, -0.1) is 0 Å². The van der Waals surface area contributed by atoms with Crippen LogP contribution in [0.25, 0.3) is 0 Å². The van der Waals surface area contributed by atoms with E-state index < -0.39 is 11.7 Å². The van der Waals surface area contributed by atoms with E-state index in [9.17, 15) is 9.59 Å². The first kappa shape index (κ1) is 24.5. The second kappa shape index (κ2) is 10.3. The fraction of sp³-hybridized carbons (Fsp3) is 0.462. The molecule has 0 bridgehead atoms. The molecular formula is C26H33N3O6. The van der Waals surface area contributed by atoms with Crippen LogP contribution < -0.4 is 19.3 Å². The molecular weight excluding hydrogens is 450 g/mol. The summed E-state index contributed by atoms with van der Waals surface area (Å²) >= 11 is 0. The van der Waals surface area contributed by atoms with Crippen molar-refractivity contribution in [2.24, 2.45) is 0 Å². The summed E-state index contributed by atoms with van der Waals surface area (Å²) in [6.45, 7) is 8.72. The standard InChI is InChI=1S/C26H33N3O6/c1-26(2,3)35-24(30)28-12-10-27(11-13-28)21-16-20(32-4)17-22-23(21)33-15-14-29(22)25(31)34-18-19-8-6-5-7-9-19/h5-9,16-17H,10-15,18H2,1-4H3. The van der Waals surface area contributed by atoms with Crippen molar-refractivity contribution in [1.29, 1.82) is 0 Å². The summed E-state index contributed by atoms with van der Waals surface area (Å²) in [4.78, 5) is 30.9. The number of rotatable bonds is 4. The Labute approximate surface area is 206 Å². The second-order valence-corrected chi connectivity index (χ2v) is 9.49. The number of carbonyl (C=O) groups is 2. The molecule has 0 saturated carbocycles.